The van der Waals surface area contributed by atoms with Gasteiger partial charge in [-0.3, -0.25) is 0 Å². The van der Waals surface area contributed by atoms with Gasteiger partial charge >= 0.3 is 153 Å². The molecule has 0 spiro atoms. The molecule has 3 atom stereocenters. The van der Waals surface area contributed by atoms with Crippen molar-refractivity contribution in [3.8, 4) is 0 Å². The molecule has 0 bridgehead atoms. The number of rotatable bonds is 9. The molecule has 0 amide bonds. The van der Waals surface area contributed by atoms with E-state index in [1.54, 1.807) is 18.2 Å². The Hall–Kier alpha value is -0.817. The van der Waals surface area contributed by atoms with Crippen LogP contribution in [0.2, 0.25) is 10.7 Å². The molecule has 0 N–H and O–H groups in total. The molecule has 0 aliphatic carbocycles. The number of carbonyl (C=O) groups excluding carboxylic acids is 1. The summed E-state index contributed by atoms with van der Waals surface area (Å²) < 4.78 is 46.8. The van der Waals surface area contributed by atoms with Gasteiger partial charge in [-0.1, -0.05) is 0 Å². The van der Waals surface area contributed by atoms with Gasteiger partial charge in [0.05, 0.1) is 0 Å². The first-order chi connectivity index (χ1) is 12.1. The normalized spacial score (nSPS) is 27.4. The first kappa shape index (κ1) is 17.6. The van der Waals surface area contributed by atoms with Gasteiger partial charge < -0.3 is 0 Å². The van der Waals surface area contributed by atoms with Crippen LogP contribution in [0, 0.1) is 0 Å². The van der Waals surface area contributed by atoms with Crippen molar-refractivity contribution in [2.75, 3.05) is 26.4 Å². The van der Waals surface area contributed by atoms with Crippen molar-refractivity contribution in [2.45, 2.75) is 29.0 Å². The molecule has 1 aromatic rings. The van der Waals surface area contributed by atoms with E-state index in [4.69, 9.17) is 18.9 Å². The van der Waals surface area contributed by atoms with E-state index in [0.29, 0.717) is 45.1 Å². The van der Waals surface area contributed by atoms with Crippen LogP contribution in [-0.4, -0.2) is 50.7 Å². The third kappa shape index (κ3) is 4.88. The Morgan fingerprint density at radius 3 is 2.08 bits per heavy atom. The molecule has 25 heavy (non-hydrogen) atoms. The van der Waals surface area contributed by atoms with E-state index in [-0.39, 0.29) is 24.9 Å². The summed E-state index contributed by atoms with van der Waals surface area (Å²) in [6.45, 7) is 2.03. The number of epoxide rings is 3. The molecule has 3 aliphatic heterocycles. The molecule has 3 unspecified atom stereocenters. The molecule has 4 rings (SSSR count). The van der Waals surface area contributed by atoms with E-state index in [0.717, 1.165) is 0 Å². The standard InChI is InChI=1S/C10H8O3.2C3H5O.2Co.2O/c11-10(13-7-9-6-12-9)8-4-2-1-3-5-8;2*1-3-2-4-3;;;;/h2,4-5,9H,6-7H2;2*3H,1-2H2;;;;. The van der Waals surface area contributed by atoms with Crippen molar-refractivity contribution >= 4 is 15.0 Å². The summed E-state index contributed by atoms with van der Waals surface area (Å²) in [7, 11) is 0. The number of hydrogen-bond donors (Lipinski definition) is 0. The average molecular weight is 440 g/mol. The summed E-state index contributed by atoms with van der Waals surface area (Å²) in [6.07, 6.45) is -0.00989. The fourth-order valence-electron chi connectivity index (χ4n) is 2.02. The van der Waals surface area contributed by atoms with Crippen molar-refractivity contribution in [2.24, 2.45) is 0 Å². The zero-order chi connectivity index (χ0) is 17.4. The fraction of sp³-hybridized carbons (Fsp3) is 0.562. The molecule has 3 aliphatic rings. The van der Waals surface area contributed by atoms with Gasteiger partial charge in [-0.2, -0.15) is 0 Å². The molecule has 3 saturated heterocycles. The maximum absolute atomic E-state index is 12.7. The molecule has 3 heterocycles. The van der Waals surface area contributed by atoms with Crippen LogP contribution in [0.3, 0.4) is 0 Å². The van der Waals surface area contributed by atoms with Crippen LogP contribution in [0.4, 0.5) is 0 Å². The summed E-state index contributed by atoms with van der Waals surface area (Å²) in [5, 5.41) is 0.780. The van der Waals surface area contributed by atoms with Crippen LogP contribution < -0.4 is 9.00 Å². The molecular weight excluding hydrogens is 422 g/mol. The minimum absolute atomic E-state index is 0.0117. The molecule has 7 nitrogen and oxygen atoms in total. The number of esters is 1. The zero-order valence-electron chi connectivity index (χ0n) is 13.2. The van der Waals surface area contributed by atoms with Crippen molar-refractivity contribution in [3.63, 3.8) is 0 Å². The second-order valence-corrected chi connectivity index (χ2v) is 9.62. The van der Waals surface area contributed by atoms with Crippen LogP contribution in [0.15, 0.2) is 18.2 Å². The van der Waals surface area contributed by atoms with E-state index in [2.05, 4.69) is 0 Å². The third-order valence-electron chi connectivity index (χ3n) is 3.68. The van der Waals surface area contributed by atoms with Gasteiger partial charge in [0.25, 0.3) is 0 Å². The number of carbonyl (C=O) groups is 1. The molecule has 142 valence electrons. The Morgan fingerprint density at radius 2 is 1.52 bits per heavy atom. The van der Waals surface area contributed by atoms with E-state index in [1.165, 1.54) is 0 Å². The number of ether oxygens (including phenoxy) is 4. The molecule has 1 aromatic carbocycles. The van der Waals surface area contributed by atoms with Gasteiger partial charge in [-0.25, -0.2) is 0 Å². The van der Waals surface area contributed by atoms with Gasteiger partial charge in [0, 0.05) is 0 Å². The molecule has 3 fully saturated rings. The molecule has 0 aromatic heterocycles. The van der Waals surface area contributed by atoms with Crippen molar-refractivity contribution in [1.82, 2.24) is 0 Å². The SMILES string of the molecule is O=C(OCC1CO1)c1cc[c]([Co](=[O])[CH2]C2CO2)[c]([Co](=[O])[CH2]C2CO2)c1. The predicted octanol–water partition coefficient (Wildman–Crippen LogP) is 0.0544. The first-order valence-electron chi connectivity index (χ1n) is 7.78. The van der Waals surface area contributed by atoms with Crippen molar-refractivity contribution in [3.05, 3.63) is 23.8 Å². The second-order valence-electron chi connectivity index (χ2n) is 5.88. The molecule has 0 radical (unpaired) electrons. The molecule has 0 saturated carbocycles. The Balaban J connectivity index is 1.54. The number of benzene rings is 1. The Bertz CT molecular complexity index is 723. The van der Waals surface area contributed by atoms with Crippen LogP contribution in [0.1, 0.15) is 10.4 Å². The maximum atomic E-state index is 12.7. The summed E-state index contributed by atoms with van der Waals surface area (Å²) in [5.74, 6) is -0.491. The van der Waals surface area contributed by atoms with Crippen LogP contribution >= 0.6 is 0 Å². The third-order valence-corrected chi connectivity index (χ3v) is 7.72. The van der Waals surface area contributed by atoms with E-state index < -0.39 is 33.1 Å². The second kappa shape index (κ2) is 7.43. The van der Waals surface area contributed by atoms with Gasteiger partial charge in [-0.15, -0.1) is 0 Å². The van der Waals surface area contributed by atoms with Crippen LogP contribution in [0.25, 0.3) is 0 Å². The summed E-state index contributed by atoms with van der Waals surface area (Å²) >= 11 is -3.47. The Morgan fingerprint density at radius 1 is 0.960 bits per heavy atom. The van der Waals surface area contributed by atoms with E-state index >= 15 is 0 Å². The van der Waals surface area contributed by atoms with Crippen molar-refractivity contribution in [1.29, 1.82) is 0 Å². The van der Waals surface area contributed by atoms with E-state index in [1.807, 2.05) is 0 Å². The average Bonchev–Trinajstić information content (AvgIpc) is 3.45. The summed E-state index contributed by atoms with van der Waals surface area (Å²) in [5.41, 5.74) is 0.310. The van der Waals surface area contributed by atoms with Crippen LogP contribution in [0.5, 0.6) is 0 Å². The molecular formula is C16H18Co2O7. The first-order valence-corrected chi connectivity index (χ1v) is 11.1. The van der Waals surface area contributed by atoms with Crippen LogP contribution in [-0.2, 0) is 53.8 Å². The predicted molar refractivity (Wildman–Crippen MR) is 76.2 cm³/mol. The summed E-state index contributed by atoms with van der Waals surface area (Å²) in [4.78, 5) is 12.2. The van der Waals surface area contributed by atoms with Gasteiger partial charge in [0.2, 0.25) is 0 Å². The number of hydrogen-bond acceptors (Lipinski definition) is 7. The van der Waals surface area contributed by atoms with Crippen molar-refractivity contribution < 1.29 is 58.6 Å². The molecule has 9 heteroatoms. The topological polar surface area (TPSA) is 98.0 Å². The fourth-order valence-corrected chi connectivity index (χ4v) is 5.93. The Labute approximate surface area is 152 Å². The minimum atomic E-state index is -1.77. The Kier molecular flexibility index (Phi) is 5.23. The monoisotopic (exact) mass is 440 g/mol. The van der Waals surface area contributed by atoms with Gasteiger partial charge in [0.1, 0.15) is 0 Å². The van der Waals surface area contributed by atoms with Gasteiger partial charge in [-0.05, 0) is 0 Å². The van der Waals surface area contributed by atoms with E-state index in [9.17, 15) is 12.5 Å². The quantitative estimate of drug-likeness (QED) is 0.396. The summed E-state index contributed by atoms with van der Waals surface area (Å²) in [6, 6.07) is 4.75. The van der Waals surface area contributed by atoms with Gasteiger partial charge in [0.15, 0.2) is 0 Å². The zero-order valence-corrected chi connectivity index (χ0v) is 15.3.